The third-order valence-corrected chi connectivity index (χ3v) is 6.92. The van der Waals surface area contributed by atoms with Crippen molar-refractivity contribution in [2.24, 2.45) is 0 Å². The zero-order chi connectivity index (χ0) is 29.0. The lowest BCUT2D eigenvalue weighted by atomic mass is 10.1. The third kappa shape index (κ3) is 6.75. The van der Waals surface area contributed by atoms with Crippen molar-refractivity contribution in [3.05, 3.63) is 84.9 Å². The number of ether oxygens (including phenoxy) is 2. The van der Waals surface area contributed by atoms with Gasteiger partial charge in [0.25, 0.3) is 17.7 Å². The summed E-state index contributed by atoms with van der Waals surface area (Å²) in [4.78, 5) is 51.9. The maximum absolute atomic E-state index is 13.3. The molecule has 1 aliphatic heterocycles. The Hall–Kier alpha value is -3.61. The Morgan fingerprint density at radius 3 is 2.42 bits per heavy atom. The number of aryl methyl sites for hydroxylation is 1. The van der Waals surface area contributed by atoms with E-state index >= 15 is 0 Å². The average Bonchev–Trinajstić information content (AvgIpc) is 2.89. The van der Waals surface area contributed by atoms with E-state index in [9.17, 15) is 19.2 Å². The molecule has 5 amide bonds. The topological polar surface area (TPSA) is 114 Å². The van der Waals surface area contributed by atoms with Crippen molar-refractivity contribution in [2.75, 3.05) is 23.4 Å². The van der Waals surface area contributed by atoms with Crippen LogP contribution in [-0.2, 0) is 14.4 Å². The first-order valence-corrected chi connectivity index (χ1v) is 13.7. The summed E-state index contributed by atoms with van der Waals surface area (Å²) in [5.74, 6) is -1.40. The van der Waals surface area contributed by atoms with Crippen LogP contribution in [0.25, 0.3) is 6.08 Å². The van der Waals surface area contributed by atoms with E-state index in [0.29, 0.717) is 48.5 Å². The number of anilines is 2. The predicted octanol–water partition coefficient (Wildman–Crippen LogP) is 5.99. The van der Waals surface area contributed by atoms with E-state index in [1.165, 1.54) is 12.1 Å². The Morgan fingerprint density at radius 1 is 1.02 bits per heavy atom. The summed E-state index contributed by atoms with van der Waals surface area (Å²) in [6.07, 6.45) is 1.36. The highest BCUT2D eigenvalue weighted by molar-refractivity contribution is 14.1. The van der Waals surface area contributed by atoms with Crippen LogP contribution >= 0.6 is 45.8 Å². The molecule has 0 atom stereocenters. The minimum atomic E-state index is -0.872. The van der Waals surface area contributed by atoms with Crippen LogP contribution in [0.1, 0.15) is 18.1 Å². The van der Waals surface area contributed by atoms with Gasteiger partial charge in [-0.2, -0.15) is 0 Å². The highest BCUT2D eigenvalue weighted by Gasteiger charge is 2.37. The Bertz CT molecular complexity index is 1540. The van der Waals surface area contributed by atoms with Crippen molar-refractivity contribution < 1.29 is 28.7 Å². The number of benzene rings is 3. The number of nitrogens with one attached hydrogen (secondary N) is 2. The predicted molar refractivity (Wildman–Crippen MR) is 161 cm³/mol. The van der Waals surface area contributed by atoms with E-state index in [1.807, 2.05) is 22.6 Å². The molecule has 3 aromatic carbocycles. The van der Waals surface area contributed by atoms with Crippen LogP contribution in [0.5, 0.6) is 11.5 Å². The molecule has 40 heavy (non-hydrogen) atoms. The summed E-state index contributed by atoms with van der Waals surface area (Å²) < 4.78 is 12.1. The fraction of sp³-hybridized carbons (Fsp3) is 0.143. The molecule has 0 unspecified atom stereocenters. The highest BCUT2D eigenvalue weighted by Crippen LogP contribution is 2.36. The van der Waals surface area contributed by atoms with Gasteiger partial charge in [0.2, 0.25) is 0 Å². The Kier molecular flexibility index (Phi) is 9.33. The zero-order valence-corrected chi connectivity index (χ0v) is 24.9. The van der Waals surface area contributed by atoms with Crippen LogP contribution in [-0.4, -0.2) is 37.0 Å². The number of urea groups is 1. The van der Waals surface area contributed by atoms with Crippen LogP contribution in [0.3, 0.4) is 0 Å². The van der Waals surface area contributed by atoms with Gasteiger partial charge in [0, 0.05) is 15.7 Å². The highest BCUT2D eigenvalue weighted by atomic mass is 127. The number of carbonyl (C=O) groups excluding carboxylic acids is 4. The molecule has 4 rings (SSSR count). The zero-order valence-electron chi connectivity index (χ0n) is 21.2. The normalized spacial score (nSPS) is 14.3. The van der Waals surface area contributed by atoms with Crippen molar-refractivity contribution in [1.82, 2.24) is 5.32 Å². The number of rotatable bonds is 8. The number of halogens is 3. The Balaban J connectivity index is 1.60. The van der Waals surface area contributed by atoms with E-state index in [2.05, 4.69) is 10.6 Å². The minimum absolute atomic E-state index is 0.256. The van der Waals surface area contributed by atoms with E-state index in [-0.39, 0.29) is 17.9 Å². The van der Waals surface area contributed by atoms with Crippen LogP contribution < -0.4 is 25.0 Å². The molecule has 0 saturated carbocycles. The molecule has 0 bridgehead atoms. The number of nitrogens with zero attached hydrogens (tertiary/aromatic N) is 1. The molecule has 3 aromatic rings. The van der Waals surface area contributed by atoms with Gasteiger partial charge >= 0.3 is 6.03 Å². The fourth-order valence-electron chi connectivity index (χ4n) is 3.81. The number of amides is 5. The van der Waals surface area contributed by atoms with E-state index in [4.69, 9.17) is 32.7 Å². The second kappa shape index (κ2) is 12.7. The lowest BCUT2D eigenvalue weighted by Crippen LogP contribution is -2.54. The molecule has 1 heterocycles. The standard InChI is InChI=1S/C28H22Cl2IN3O6/c1-3-39-23-12-16(11-21(31)25(23)40-14-24(35)32-19-8-6-17(29)7-9-19)10-20-26(36)33-28(38)34(27(20)37)22-13-18(30)5-4-15(22)2/h4-13H,3,14H2,1-2H3,(H,32,35)(H,33,36,38)/b20-10+. The molecule has 9 nitrogen and oxygen atoms in total. The monoisotopic (exact) mass is 693 g/mol. The SMILES string of the molecule is CCOc1cc(/C=C2\C(=O)NC(=O)N(c3cc(Cl)ccc3C)C2=O)cc(I)c1OCC(=O)Nc1ccc(Cl)cc1. The molecule has 1 fully saturated rings. The third-order valence-electron chi connectivity index (χ3n) is 5.63. The number of barbiturate groups is 1. The van der Waals surface area contributed by atoms with E-state index in [0.717, 1.165) is 4.90 Å². The second-order valence-electron chi connectivity index (χ2n) is 8.50. The minimum Gasteiger partial charge on any atom is -0.490 e. The first kappa shape index (κ1) is 29.4. The molecule has 0 aromatic heterocycles. The summed E-state index contributed by atoms with van der Waals surface area (Å²) in [5, 5.41) is 5.80. The largest absolute Gasteiger partial charge is 0.490 e. The van der Waals surface area contributed by atoms with Gasteiger partial charge in [-0.25, -0.2) is 9.69 Å². The van der Waals surface area contributed by atoms with Gasteiger partial charge < -0.3 is 14.8 Å². The molecular formula is C28H22Cl2IN3O6. The quantitative estimate of drug-likeness (QED) is 0.170. The summed E-state index contributed by atoms with van der Waals surface area (Å²) in [5.41, 5.74) is 1.64. The van der Waals surface area contributed by atoms with Crippen LogP contribution in [0.4, 0.5) is 16.2 Å². The maximum Gasteiger partial charge on any atom is 0.335 e. The average molecular weight is 694 g/mol. The molecule has 0 aliphatic carbocycles. The van der Waals surface area contributed by atoms with Gasteiger partial charge in [-0.3, -0.25) is 19.7 Å². The molecule has 12 heteroatoms. The van der Waals surface area contributed by atoms with Crippen molar-refractivity contribution in [2.45, 2.75) is 13.8 Å². The summed E-state index contributed by atoms with van der Waals surface area (Å²) in [6.45, 7) is 3.50. The molecular weight excluding hydrogens is 672 g/mol. The number of hydrogen-bond donors (Lipinski definition) is 2. The van der Waals surface area contributed by atoms with Crippen LogP contribution in [0, 0.1) is 10.5 Å². The van der Waals surface area contributed by atoms with Gasteiger partial charge in [0.1, 0.15) is 5.57 Å². The van der Waals surface area contributed by atoms with Crippen molar-refractivity contribution in [3.8, 4) is 11.5 Å². The molecule has 1 saturated heterocycles. The number of carbonyl (C=O) groups is 4. The van der Waals surface area contributed by atoms with E-state index in [1.54, 1.807) is 62.4 Å². The number of imide groups is 2. The maximum atomic E-state index is 13.3. The van der Waals surface area contributed by atoms with Gasteiger partial charge in [0.15, 0.2) is 18.1 Å². The first-order chi connectivity index (χ1) is 19.1. The lowest BCUT2D eigenvalue weighted by molar-refractivity contribution is -0.122. The van der Waals surface area contributed by atoms with Crippen LogP contribution in [0.2, 0.25) is 10.0 Å². The molecule has 0 spiro atoms. The van der Waals surface area contributed by atoms with Gasteiger partial charge in [-0.1, -0.05) is 29.3 Å². The smallest absolute Gasteiger partial charge is 0.335 e. The van der Waals surface area contributed by atoms with Gasteiger partial charge in [-0.05, 0) is 102 Å². The lowest BCUT2D eigenvalue weighted by Gasteiger charge is -2.27. The van der Waals surface area contributed by atoms with Gasteiger partial charge in [0.05, 0.1) is 15.9 Å². The Labute approximate surface area is 253 Å². The second-order valence-corrected chi connectivity index (χ2v) is 10.5. The van der Waals surface area contributed by atoms with Crippen LogP contribution in [0.15, 0.2) is 60.2 Å². The molecule has 0 radical (unpaired) electrons. The van der Waals surface area contributed by atoms with Crippen molar-refractivity contribution >= 4 is 87.0 Å². The number of hydrogen-bond acceptors (Lipinski definition) is 6. The summed E-state index contributed by atoms with van der Waals surface area (Å²) >= 11 is 14.0. The van der Waals surface area contributed by atoms with Crippen molar-refractivity contribution in [1.29, 1.82) is 0 Å². The molecule has 1 aliphatic rings. The van der Waals surface area contributed by atoms with E-state index < -0.39 is 23.8 Å². The summed E-state index contributed by atoms with van der Waals surface area (Å²) in [6, 6.07) is 13.8. The van der Waals surface area contributed by atoms with Gasteiger partial charge in [-0.15, -0.1) is 0 Å². The first-order valence-electron chi connectivity index (χ1n) is 11.9. The Morgan fingerprint density at radius 2 is 1.73 bits per heavy atom. The summed E-state index contributed by atoms with van der Waals surface area (Å²) in [7, 11) is 0. The fourth-order valence-corrected chi connectivity index (χ4v) is 4.88. The molecule has 206 valence electrons. The molecule has 2 N–H and O–H groups in total. The van der Waals surface area contributed by atoms with Crippen molar-refractivity contribution in [3.63, 3.8) is 0 Å².